The number of hydrogen-bond acceptors (Lipinski definition) is 3. The summed E-state index contributed by atoms with van der Waals surface area (Å²) in [7, 11) is 0. The van der Waals surface area contributed by atoms with E-state index in [2.05, 4.69) is 27.4 Å². The Balaban J connectivity index is 1.81. The maximum absolute atomic E-state index is 5.93. The van der Waals surface area contributed by atoms with Gasteiger partial charge in [-0.15, -0.1) is 0 Å². The maximum atomic E-state index is 5.93. The number of ether oxygens (including phenoxy) is 1. The summed E-state index contributed by atoms with van der Waals surface area (Å²) in [5.74, 6) is 1.02. The molecule has 2 N–H and O–H groups in total. The topological polar surface area (TPSA) is 49.9 Å². The summed E-state index contributed by atoms with van der Waals surface area (Å²) in [6, 6.07) is 4.74. The summed E-state index contributed by atoms with van der Waals surface area (Å²) in [5, 5.41) is 3.61. The predicted molar refractivity (Wildman–Crippen MR) is 81.8 cm³/mol. The minimum absolute atomic E-state index is 0.146. The molecule has 110 valence electrons. The normalized spacial score (nSPS) is 20.1. The lowest BCUT2D eigenvalue weighted by molar-refractivity contribution is 0.332. The maximum Gasteiger partial charge on any atom is 0.124 e. The van der Waals surface area contributed by atoms with Crippen LogP contribution in [0.25, 0.3) is 0 Å². The number of nitrogens with one attached hydrogen (secondary N) is 2. The second-order valence-corrected chi connectivity index (χ2v) is 5.85. The number of H-pyrrole nitrogens is 1. The number of aromatic nitrogens is 2. The van der Waals surface area contributed by atoms with Gasteiger partial charge in [-0.3, -0.25) is 0 Å². The van der Waals surface area contributed by atoms with Gasteiger partial charge < -0.3 is 15.0 Å². The average molecular weight is 283 g/mol. The quantitative estimate of drug-likeness (QED) is 0.910. The fourth-order valence-electron chi connectivity index (χ4n) is 3.60. The highest BCUT2D eigenvalue weighted by Gasteiger charge is 2.28. The summed E-state index contributed by atoms with van der Waals surface area (Å²) in [5.41, 5.74) is 6.56. The zero-order chi connectivity index (χ0) is 14.2. The first-order chi connectivity index (χ1) is 10.4. The van der Waals surface area contributed by atoms with Crippen LogP contribution in [0.1, 0.15) is 47.5 Å². The van der Waals surface area contributed by atoms with Gasteiger partial charge in [-0.05, 0) is 49.4 Å². The van der Waals surface area contributed by atoms with Gasteiger partial charge >= 0.3 is 0 Å². The van der Waals surface area contributed by atoms with Crippen molar-refractivity contribution in [2.45, 2.75) is 38.6 Å². The Bertz CT molecular complexity index is 662. The third-order valence-corrected chi connectivity index (χ3v) is 4.58. The van der Waals surface area contributed by atoms with Gasteiger partial charge in [0.25, 0.3) is 0 Å². The molecular weight excluding hydrogens is 262 g/mol. The number of imidazole rings is 1. The number of hydrogen-bond donors (Lipinski definition) is 2. The Kier molecular flexibility index (Phi) is 3.19. The lowest BCUT2D eigenvalue weighted by atomic mass is 9.94. The van der Waals surface area contributed by atoms with Crippen LogP contribution in [0.3, 0.4) is 0 Å². The smallest absolute Gasteiger partial charge is 0.124 e. The molecule has 0 amide bonds. The largest absolute Gasteiger partial charge is 0.494 e. The number of nitrogens with zero attached hydrogens (tertiary/aromatic N) is 1. The molecule has 21 heavy (non-hydrogen) atoms. The molecular formula is C17H21N3O. The third kappa shape index (κ3) is 2.14. The first kappa shape index (κ1) is 12.9. The molecule has 1 aliphatic heterocycles. The monoisotopic (exact) mass is 283 g/mol. The van der Waals surface area contributed by atoms with Gasteiger partial charge in [0, 0.05) is 24.2 Å². The lowest BCUT2D eigenvalue weighted by Gasteiger charge is -2.26. The summed E-state index contributed by atoms with van der Waals surface area (Å²) in [6.07, 6.45) is 6.45. The molecule has 0 saturated heterocycles. The van der Waals surface area contributed by atoms with E-state index in [0.29, 0.717) is 6.61 Å². The first-order valence-electron chi connectivity index (χ1n) is 7.91. The van der Waals surface area contributed by atoms with Gasteiger partial charge in [0.1, 0.15) is 5.75 Å². The minimum Gasteiger partial charge on any atom is -0.494 e. The van der Waals surface area contributed by atoms with Crippen LogP contribution in [0, 0.1) is 0 Å². The molecule has 0 fully saturated rings. The molecule has 4 nitrogen and oxygen atoms in total. The molecule has 2 heterocycles. The fraction of sp³-hybridized carbons (Fsp3) is 0.471. The summed E-state index contributed by atoms with van der Waals surface area (Å²) in [6.45, 7) is 3.72. The van der Waals surface area contributed by atoms with E-state index >= 15 is 0 Å². The first-order valence-corrected chi connectivity index (χ1v) is 7.91. The van der Waals surface area contributed by atoms with Gasteiger partial charge in [0.05, 0.1) is 24.7 Å². The molecule has 4 heteroatoms. The highest BCUT2D eigenvalue weighted by molar-refractivity contribution is 5.49. The van der Waals surface area contributed by atoms with Crippen LogP contribution in [-0.2, 0) is 19.3 Å². The van der Waals surface area contributed by atoms with Crippen LogP contribution in [0.15, 0.2) is 18.5 Å². The molecule has 1 aliphatic carbocycles. The van der Waals surface area contributed by atoms with Gasteiger partial charge in [-0.1, -0.05) is 0 Å². The minimum atomic E-state index is 0.146. The Hall–Kier alpha value is -1.81. The highest BCUT2D eigenvalue weighted by atomic mass is 16.5. The molecule has 1 aromatic heterocycles. The van der Waals surface area contributed by atoms with Crippen LogP contribution in [0.5, 0.6) is 5.75 Å². The van der Waals surface area contributed by atoms with E-state index in [1.807, 2.05) is 6.92 Å². The summed E-state index contributed by atoms with van der Waals surface area (Å²) >= 11 is 0. The standard InChI is InChI=1S/C17H21N3O/c1-2-21-15-9-12-5-3-4-11(12)8-13(15)16-17-14(6-7-18-16)19-10-20-17/h8-10,16,18H,2-7H2,1H3,(H,19,20)/t16-/m0/s1. The van der Waals surface area contributed by atoms with Crippen LogP contribution >= 0.6 is 0 Å². The van der Waals surface area contributed by atoms with Crippen LogP contribution in [-0.4, -0.2) is 23.1 Å². The van der Waals surface area contributed by atoms with Crippen molar-refractivity contribution in [3.05, 3.63) is 46.5 Å². The molecule has 0 radical (unpaired) electrons. The van der Waals surface area contributed by atoms with Crippen LogP contribution < -0.4 is 10.1 Å². The number of aromatic amines is 1. The molecule has 2 aromatic rings. The lowest BCUT2D eigenvalue weighted by Crippen LogP contribution is -2.31. The molecule has 0 bridgehead atoms. The number of rotatable bonds is 3. The molecule has 4 rings (SSSR count). The van der Waals surface area contributed by atoms with Gasteiger partial charge in [-0.2, -0.15) is 0 Å². The van der Waals surface area contributed by atoms with Gasteiger partial charge in [0.2, 0.25) is 0 Å². The third-order valence-electron chi connectivity index (χ3n) is 4.58. The predicted octanol–water partition coefficient (Wildman–Crippen LogP) is 2.53. The number of fused-ring (bicyclic) bond motifs is 2. The van der Waals surface area contributed by atoms with Crippen molar-refractivity contribution in [1.82, 2.24) is 15.3 Å². The van der Waals surface area contributed by atoms with Crippen molar-refractivity contribution < 1.29 is 4.74 Å². The number of benzene rings is 1. The van der Waals surface area contributed by atoms with E-state index in [1.54, 1.807) is 6.33 Å². The molecule has 1 atom stereocenters. The average Bonchev–Trinajstić information content (AvgIpc) is 3.14. The molecule has 1 aromatic carbocycles. The Morgan fingerprint density at radius 3 is 2.95 bits per heavy atom. The van der Waals surface area contributed by atoms with Crippen molar-refractivity contribution >= 4 is 0 Å². The second kappa shape index (κ2) is 5.19. The Morgan fingerprint density at radius 1 is 1.24 bits per heavy atom. The SMILES string of the molecule is CCOc1cc2c(cc1[C@@H]1NCCc3[nH]cnc31)CCC2. The highest BCUT2D eigenvalue weighted by Crippen LogP contribution is 2.37. The molecule has 2 aliphatic rings. The van der Waals surface area contributed by atoms with Crippen molar-refractivity contribution in [3.8, 4) is 5.75 Å². The molecule has 0 unspecified atom stereocenters. The zero-order valence-electron chi connectivity index (χ0n) is 12.4. The van der Waals surface area contributed by atoms with Gasteiger partial charge in [0.15, 0.2) is 0 Å². The Morgan fingerprint density at radius 2 is 2.10 bits per heavy atom. The Labute approximate surface area is 124 Å². The van der Waals surface area contributed by atoms with E-state index in [9.17, 15) is 0 Å². The van der Waals surface area contributed by atoms with Crippen molar-refractivity contribution in [2.24, 2.45) is 0 Å². The molecule has 0 spiro atoms. The van der Waals surface area contributed by atoms with E-state index in [-0.39, 0.29) is 6.04 Å². The zero-order valence-corrected chi connectivity index (χ0v) is 12.4. The van der Waals surface area contributed by atoms with Crippen molar-refractivity contribution in [3.63, 3.8) is 0 Å². The van der Waals surface area contributed by atoms with Crippen LogP contribution in [0.4, 0.5) is 0 Å². The summed E-state index contributed by atoms with van der Waals surface area (Å²) < 4.78 is 5.93. The summed E-state index contributed by atoms with van der Waals surface area (Å²) in [4.78, 5) is 7.80. The van der Waals surface area contributed by atoms with E-state index < -0.39 is 0 Å². The van der Waals surface area contributed by atoms with Crippen LogP contribution in [0.2, 0.25) is 0 Å². The fourth-order valence-corrected chi connectivity index (χ4v) is 3.60. The van der Waals surface area contributed by atoms with E-state index in [1.165, 1.54) is 41.6 Å². The second-order valence-electron chi connectivity index (χ2n) is 5.85. The van der Waals surface area contributed by atoms with E-state index in [4.69, 9.17) is 4.74 Å². The number of aryl methyl sites for hydroxylation is 2. The van der Waals surface area contributed by atoms with Crippen molar-refractivity contribution in [2.75, 3.05) is 13.2 Å². The van der Waals surface area contributed by atoms with Crippen molar-refractivity contribution in [1.29, 1.82) is 0 Å². The van der Waals surface area contributed by atoms with Gasteiger partial charge in [-0.25, -0.2) is 4.98 Å². The molecule has 0 saturated carbocycles. The van der Waals surface area contributed by atoms with E-state index in [0.717, 1.165) is 24.4 Å².